The summed E-state index contributed by atoms with van der Waals surface area (Å²) in [6.07, 6.45) is 2.01. The molecule has 1 amide bonds. The molecule has 0 spiro atoms. The van der Waals surface area contributed by atoms with Crippen molar-refractivity contribution in [1.29, 1.82) is 0 Å². The highest BCUT2D eigenvalue weighted by molar-refractivity contribution is 6.03. The molecule has 0 aliphatic carbocycles. The SMILES string of the molecule is Cc1nc(N[C@H](C)c2cc([N+](=O)[O-])cc(C(C)(F)F)c2)c2cc(C(=O)N(C)C)c(N3CCCC3)nc2n1. The van der Waals surface area contributed by atoms with E-state index < -0.39 is 28.1 Å². The lowest BCUT2D eigenvalue weighted by Gasteiger charge is -2.23. The van der Waals surface area contributed by atoms with Crippen molar-refractivity contribution in [2.24, 2.45) is 0 Å². The first-order valence-electron chi connectivity index (χ1n) is 12.0. The number of pyridine rings is 1. The second kappa shape index (κ2) is 9.83. The highest BCUT2D eigenvalue weighted by Gasteiger charge is 2.29. The third-order valence-corrected chi connectivity index (χ3v) is 6.33. The third-order valence-electron chi connectivity index (χ3n) is 6.33. The number of carbonyl (C=O) groups is 1. The quantitative estimate of drug-likeness (QED) is 0.353. The average molecular weight is 514 g/mol. The molecule has 1 aliphatic heterocycles. The lowest BCUT2D eigenvalue weighted by atomic mass is 10.0. The number of carbonyl (C=O) groups excluding carboxylic acids is 1. The molecular formula is C25H29F2N7O3. The second-order valence-electron chi connectivity index (χ2n) is 9.57. The zero-order chi connectivity index (χ0) is 27.1. The number of non-ortho nitro benzene ring substituents is 1. The summed E-state index contributed by atoms with van der Waals surface area (Å²) >= 11 is 0. The van der Waals surface area contributed by atoms with E-state index in [2.05, 4.69) is 20.2 Å². The maximum Gasteiger partial charge on any atom is 0.270 e. The Kier molecular flexibility index (Phi) is 6.94. The average Bonchev–Trinajstić information content (AvgIpc) is 3.36. The molecule has 3 aromatic rings. The van der Waals surface area contributed by atoms with Crippen LogP contribution < -0.4 is 10.2 Å². The largest absolute Gasteiger partial charge is 0.363 e. The Balaban J connectivity index is 1.82. The number of hydrogen-bond donors (Lipinski definition) is 1. The summed E-state index contributed by atoms with van der Waals surface area (Å²) in [5, 5.41) is 15.1. The Bertz CT molecular complexity index is 1370. The summed E-state index contributed by atoms with van der Waals surface area (Å²) in [4.78, 5) is 41.0. The van der Waals surface area contributed by atoms with Crippen molar-refractivity contribution in [3.8, 4) is 0 Å². The highest BCUT2D eigenvalue weighted by Crippen LogP contribution is 2.35. The van der Waals surface area contributed by atoms with Crippen LogP contribution in [0, 0.1) is 17.0 Å². The van der Waals surface area contributed by atoms with E-state index in [0.717, 1.165) is 32.0 Å². The van der Waals surface area contributed by atoms with Crippen LogP contribution in [0.1, 0.15) is 60.0 Å². The van der Waals surface area contributed by atoms with E-state index in [1.54, 1.807) is 34.0 Å². The number of rotatable bonds is 7. The van der Waals surface area contributed by atoms with Crippen LogP contribution in [0.4, 0.5) is 26.1 Å². The van der Waals surface area contributed by atoms with Crippen molar-refractivity contribution < 1.29 is 18.5 Å². The van der Waals surface area contributed by atoms with E-state index in [0.29, 0.717) is 46.5 Å². The van der Waals surface area contributed by atoms with Crippen LogP contribution in [-0.4, -0.2) is 57.9 Å². The Morgan fingerprint density at radius 2 is 1.84 bits per heavy atom. The maximum absolute atomic E-state index is 14.1. The van der Waals surface area contributed by atoms with Gasteiger partial charge in [-0.25, -0.2) is 23.7 Å². The zero-order valence-electron chi connectivity index (χ0n) is 21.4. The number of anilines is 2. The number of benzene rings is 1. The van der Waals surface area contributed by atoms with Crippen LogP contribution in [0.3, 0.4) is 0 Å². The van der Waals surface area contributed by atoms with Crippen LogP contribution in [0.2, 0.25) is 0 Å². The minimum absolute atomic E-state index is 0.218. The molecule has 0 unspecified atom stereocenters. The molecule has 10 nitrogen and oxygen atoms in total. The number of nitrogens with one attached hydrogen (secondary N) is 1. The highest BCUT2D eigenvalue weighted by atomic mass is 19.3. The Hall–Kier alpha value is -3.96. The molecule has 0 bridgehead atoms. The first-order chi connectivity index (χ1) is 17.3. The van der Waals surface area contributed by atoms with Gasteiger partial charge in [-0.1, -0.05) is 0 Å². The second-order valence-corrected chi connectivity index (χ2v) is 9.57. The van der Waals surface area contributed by atoms with Crippen LogP contribution in [0.25, 0.3) is 11.0 Å². The van der Waals surface area contributed by atoms with E-state index in [9.17, 15) is 23.7 Å². The first-order valence-corrected chi connectivity index (χ1v) is 12.0. The van der Waals surface area contributed by atoms with Gasteiger partial charge in [-0.05, 0) is 44.4 Å². The fourth-order valence-corrected chi connectivity index (χ4v) is 4.36. The number of nitro groups is 1. The van der Waals surface area contributed by atoms with Crippen molar-refractivity contribution in [2.75, 3.05) is 37.4 Å². The first kappa shape index (κ1) is 26.1. The van der Waals surface area contributed by atoms with Gasteiger partial charge >= 0.3 is 0 Å². The molecule has 0 radical (unpaired) electrons. The summed E-state index contributed by atoms with van der Waals surface area (Å²) in [5.41, 5.74) is 0.207. The smallest absolute Gasteiger partial charge is 0.270 e. The monoisotopic (exact) mass is 513 g/mol. The van der Waals surface area contributed by atoms with Gasteiger partial charge in [0.25, 0.3) is 17.5 Å². The molecule has 1 atom stereocenters. The minimum Gasteiger partial charge on any atom is -0.363 e. The molecule has 4 rings (SSSR count). The van der Waals surface area contributed by atoms with Crippen molar-refractivity contribution in [3.63, 3.8) is 0 Å². The van der Waals surface area contributed by atoms with Gasteiger partial charge in [-0.3, -0.25) is 14.9 Å². The van der Waals surface area contributed by atoms with Crippen LogP contribution in [-0.2, 0) is 5.92 Å². The van der Waals surface area contributed by atoms with Crippen LogP contribution in [0.15, 0.2) is 24.3 Å². The Morgan fingerprint density at radius 1 is 1.16 bits per heavy atom. The van der Waals surface area contributed by atoms with Crippen LogP contribution in [0.5, 0.6) is 0 Å². The van der Waals surface area contributed by atoms with Gasteiger partial charge in [0.1, 0.15) is 17.5 Å². The van der Waals surface area contributed by atoms with E-state index in [1.165, 1.54) is 17.0 Å². The fraction of sp³-hybridized carbons (Fsp3) is 0.440. The number of aryl methyl sites for hydroxylation is 1. The molecule has 1 fully saturated rings. The number of halogens is 2. The minimum atomic E-state index is -3.25. The molecule has 1 aromatic carbocycles. The molecule has 2 aromatic heterocycles. The zero-order valence-corrected chi connectivity index (χ0v) is 21.4. The predicted molar refractivity (Wildman–Crippen MR) is 136 cm³/mol. The standard InChI is InChI=1S/C25H29F2N7O3/c1-14(16-10-17(25(3,26)27)12-18(11-16)34(36)37)28-21-19-13-20(24(35)32(4)5)23(33-8-6-7-9-33)31-22(19)30-15(2)29-21/h10-14H,6-9H2,1-5H3,(H,28,29,30,31)/t14-/m1/s1. The van der Waals surface area contributed by atoms with E-state index in [4.69, 9.17) is 4.98 Å². The molecular weight excluding hydrogens is 484 g/mol. The number of fused-ring (bicyclic) bond motifs is 1. The normalized spacial score (nSPS) is 14.6. The van der Waals surface area contributed by atoms with Gasteiger partial charge in [-0.2, -0.15) is 0 Å². The number of hydrogen-bond acceptors (Lipinski definition) is 8. The van der Waals surface area contributed by atoms with Crippen molar-refractivity contribution in [2.45, 2.75) is 45.6 Å². The summed E-state index contributed by atoms with van der Waals surface area (Å²) in [7, 11) is 3.33. The fourth-order valence-electron chi connectivity index (χ4n) is 4.36. The Morgan fingerprint density at radius 3 is 2.43 bits per heavy atom. The molecule has 196 valence electrons. The number of alkyl halides is 2. The van der Waals surface area contributed by atoms with Gasteiger partial charge in [0.15, 0.2) is 5.65 Å². The molecule has 3 heterocycles. The Labute approximate surface area is 212 Å². The van der Waals surface area contributed by atoms with Gasteiger partial charge in [0.05, 0.1) is 21.9 Å². The maximum atomic E-state index is 14.1. The number of nitro benzene ring substituents is 1. The molecule has 1 saturated heterocycles. The van der Waals surface area contributed by atoms with Gasteiger partial charge in [0.2, 0.25) is 0 Å². The topological polar surface area (TPSA) is 117 Å². The van der Waals surface area contributed by atoms with E-state index in [1.807, 2.05) is 0 Å². The third kappa shape index (κ3) is 5.42. The summed E-state index contributed by atoms with van der Waals surface area (Å²) < 4.78 is 28.1. The molecule has 37 heavy (non-hydrogen) atoms. The summed E-state index contributed by atoms with van der Waals surface area (Å²) in [6, 6.07) is 4.44. The molecule has 1 N–H and O–H groups in total. The number of amides is 1. The predicted octanol–water partition coefficient (Wildman–Crippen LogP) is 4.83. The van der Waals surface area contributed by atoms with Crippen molar-refractivity contribution in [1.82, 2.24) is 19.9 Å². The summed E-state index contributed by atoms with van der Waals surface area (Å²) in [6.45, 7) is 5.67. The molecule has 12 heteroatoms. The molecule has 1 aliphatic rings. The van der Waals surface area contributed by atoms with Gasteiger partial charge in [0, 0.05) is 51.8 Å². The number of nitrogens with zero attached hydrogens (tertiary/aromatic N) is 6. The van der Waals surface area contributed by atoms with Crippen molar-refractivity contribution in [3.05, 3.63) is 56.9 Å². The van der Waals surface area contributed by atoms with Gasteiger partial charge in [-0.15, -0.1) is 0 Å². The van der Waals surface area contributed by atoms with Gasteiger partial charge < -0.3 is 15.1 Å². The molecule has 0 saturated carbocycles. The van der Waals surface area contributed by atoms with Crippen molar-refractivity contribution >= 4 is 34.3 Å². The lowest BCUT2D eigenvalue weighted by molar-refractivity contribution is -0.385. The lowest BCUT2D eigenvalue weighted by Crippen LogP contribution is -2.27. The summed E-state index contributed by atoms with van der Waals surface area (Å²) in [5.74, 6) is -2.14. The van der Waals surface area contributed by atoms with E-state index in [-0.39, 0.29) is 5.91 Å². The van der Waals surface area contributed by atoms with E-state index >= 15 is 0 Å². The van der Waals surface area contributed by atoms with Crippen LogP contribution >= 0.6 is 0 Å². The number of aromatic nitrogens is 3.